The quantitative estimate of drug-likeness (QED) is 0.852. The maximum absolute atomic E-state index is 10.2. The van der Waals surface area contributed by atoms with E-state index in [0.717, 1.165) is 25.6 Å². The van der Waals surface area contributed by atoms with Crippen molar-refractivity contribution in [2.45, 2.75) is 63.5 Å². The zero-order chi connectivity index (χ0) is 13.1. The Kier molecular flexibility index (Phi) is 4.78. The van der Waals surface area contributed by atoms with Gasteiger partial charge in [-0.25, -0.2) is 0 Å². The molecule has 3 nitrogen and oxygen atoms in total. The summed E-state index contributed by atoms with van der Waals surface area (Å²) in [6.45, 7) is 4.41. The minimum Gasteiger partial charge on any atom is -0.393 e. The number of nitrogens with zero attached hydrogens (tertiary/aromatic N) is 1. The summed E-state index contributed by atoms with van der Waals surface area (Å²) in [6.07, 6.45) is 9.97. The second kappa shape index (κ2) is 6.55. The molecule has 3 fully saturated rings. The van der Waals surface area contributed by atoms with Gasteiger partial charge in [0.1, 0.15) is 0 Å². The summed E-state index contributed by atoms with van der Waals surface area (Å²) in [5.74, 6) is 1.38. The van der Waals surface area contributed by atoms with Crippen molar-refractivity contribution in [1.82, 2.24) is 4.90 Å². The third kappa shape index (κ3) is 3.32. The van der Waals surface area contributed by atoms with Gasteiger partial charge in [-0.05, 0) is 51.0 Å². The molecule has 1 N–H and O–H groups in total. The van der Waals surface area contributed by atoms with Crippen molar-refractivity contribution >= 4 is 0 Å². The van der Waals surface area contributed by atoms with Gasteiger partial charge in [0.2, 0.25) is 0 Å². The Morgan fingerprint density at radius 1 is 0.947 bits per heavy atom. The molecule has 19 heavy (non-hydrogen) atoms. The monoisotopic (exact) mass is 267 g/mol. The van der Waals surface area contributed by atoms with Gasteiger partial charge < -0.3 is 9.84 Å². The molecule has 3 rings (SSSR count). The zero-order valence-corrected chi connectivity index (χ0v) is 12.1. The van der Waals surface area contributed by atoms with E-state index in [1.54, 1.807) is 0 Å². The Labute approximate surface area is 117 Å². The first-order chi connectivity index (χ1) is 9.34. The van der Waals surface area contributed by atoms with E-state index in [2.05, 4.69) is 4.90 Å². The molecule has 0 aromatic carbocycles. The molecule has 0 aromatic heterocycles. The first-order valence-corrected chi connectivity index (χ1v) is 8.34. The maximum atomic E-state index is 10.2. The van der Waals surface area contributed by atoms with E-state index in [1.165, 1.54) is 58.0 Å². The van der Waals surface area contributed by atoms with E-state index < -0.39 is 0 Å². The fourth-order valence-electron chi connectivity index (χ4n) is 4.41. The lowest BCUT2D eigenvalue weighted by atomic mass is 9.86. The highest BCUT2D eigenvalue weighted by Crippen LogP contribution is 2.36. The number of aliphatic hydroxyl groups is 1. The van der Waals surface area contributed by atoms with Crippen molar-refractivity contribution in [1.29, 1.82) is 0 Å². The van der Waals surface area contributed by atoms with Crippen molar-refractivity contribution in [2.24, 2.45) is 11.8 Å². The molecule has 2 heterocycles. The summed E-state index contributed by atoms with van der Waals surface area (Å²) in [7, 11) is 0. The number of aliphatic hydroxyl groups excluding tert-OH is 1. The van der Waals surface area contributed by atoms with Crippen LogP contribution in [0.1, 0.15) is 51.4 Å². The van der Waals surface area contributed by atoms with Gasteiger partial charge in [-0.2, -0.15) is 0 Å². The fraction of sp³-hybridized carbons (Fsp3) is 1.00. The lowest BCUT2D eigenvalue weighted by Gasteiger charge is -2.42. The first-order valence-electron chi connectivity index (χ1n) is 8.34. The largest absolute Gasteiger partial charge is 0.393 e. The Morgan fingerprint density at radius 2 is 1.79 bits per heavy atom. The van der Waals surface area contributed by atoms with Crippen LogP contribution in [0.5, 0.6) is 0 Å². The Bertz CT molecular complexity index is 278. The summed E-state index contributed by atoms with van der Waals surface area (Å²) in [5, 5.41) is 10.2. The summed E-state index contributed by atoms with van der Waals surface area (Å²) >= 11 is 0. The second-order valence-corrected chi connectivity index (χ2v) is 6.78. The molecular weight excluding hydrogens is 238 g/mol. The van der Waals surface area contributed by atoms with Crippen molar-refractivity contribution in [3.05, 3.63) is 0 Å². The van der Waals surface area contributed by atoms with Crippen LogP contribution in [0.2, 0.25) is 0 Å². The minimum absolute atomic E-state index is 0.0275. The van der Waals surface area contributed by atoms with Gasteiger partial charge in [-0.3, -0.25) is 4.90 Å². The van der Waals surface area contributed by atoms with Gasteiger partial charge in [0, 0.05) is 31.7 Å². The van der Waals surface area contributed by atoms with Crippen LogP contribution in [0, 0.1) is 11.8 Å². The molecule has 1 aliphatic carbocycles. The normalized spacial score (nSPS) is 38.7. The van der Waals surface area contributed by atoms with Gasteiger partial charge in [0.15, 0.2) is 0 Å². The third-order valence-corrected chi connectivity index (χ3v) is 5.52. The second-order valence-electron chi connectivity index (χ2n) is 6.78. The zero-order valence-electron chi connectivity index (χ0n) is 12.1. The minimum atomic E-state index is -0.0275. The molecule has 3 aliphatic rings. The summed E-state index contributed by atoms with van der Waals surface area (Å²) in [5.41, 5.74) is 0. The van der Waals surface area contributed by atoms with Crippen molar-refractivity contribution < 1.29 is 9.84 Å². The Hall–Kier alpha value is -0.120. The van der Waals surface area contributed by atoms with E-state index in [9.17, 15) is 5.11 Å². The molecule has 3 heteroatoms. The molecule has 0 aromatic rings. The molecule has 0 radical (unpaired) electrons. The fourth-order valence-corrected chi connectivity index (χ4v) is 4.41. The van der Waals surface area contributed by atoms with Gasteiger partial charge in [0.05, 0.1) is 6.10 Å². The van der Waals surface area contributed by atoms with Crippen LogP contribution in [-0.4, -0.2) is 48.5 Å². The van der Waals surface area contributed by atoms with E-state index in [4.69, 9.17) is 4.74 Å². The van der Waals surface area contributed by atoms with Gasteiger partial charge >= 0.3 is 0 Å². The van der Waals surface area contributed by atoms with Gasteiger partial charge in [-0.15, -0.1) is 0 Å². The summed E-state index contributed by atoms with van der Waals surface area (Å²) in [6, 6.07) is 0.661. The highest BCUT2D eigenvalue weighted by atomic mass is 16.5. The molecule has 1 saturated carbocycles. The lowest BCUT2D eigenvalue weighted by molar-refractivity contribution is 0.00593. The number of likely N-dealkylation sites (tertiary alicyclic amines) is 1. The van der Waals surface area contributed by atoms with Crippen LogP contribution in [0.15, 0.2) is 0 Å². The van der Waals surface area contributed by atoms with Crippen molar-refractivity contribution in [3.63, 3.8) is 0 Å². The SMILES string of the molecule is OC1CCCC1C1CCCCN1CC1CCOCC1. The molecule has 0 amide bonds. The van der Waals surface area contributed by atoms with E-state index in [-0.39, 0.29) is 6.10 Å². The molecule has 3 unspecified atom stereocenters. The molecular formula is C16H29NO2. The number of ether oxygens (including phenoxy) is 1. The molecule has 2 aliphatic heterocycles. The molecule has 0 spiro atoms. The standard InChI is InChI=1S/C16H29NO2/c18-16-6-3-4-14(16)15-5-1-2-9-17(15)12-13-7-10-19-11-8-13/h13-16,18H,1-12H2. The Balaban J connectivity index is 1.59. The van der Waals surface area contributed by atoms with Crippen LogP contribution in [0.3, 0.4) is 0 Å². The van der Waals surface area contributed by atoms with E-state index in [0.29, 0.717) is 12.0 Å². The number of rotatable bonds is 3. The van der Waals surface area contributed by atoms with Gasteiger partial charge in [-0.1, -0.05) is 12.8 Å². The Morgan fingerprint density at radius 3 is 2.53 bits per heavy atom. The number of hydrogen-bond donors (Lipinski definition) is 1. The summed E-state index contributed by atoms with van der Waals surface area (Å²) < 4.78 is 5.47. The maximum Gasteiger partial charge on any atom is 0.0583 e. The molecule has 0 bridgehead atoms. The number of hydrogen-bond acceptors (Lipinski definition) is 3. The highest BCUT2D eigenvalue weighted by molar-refractivity contribution is 4.91. The number of piperidine rings is 1. The predicted molar refractivity (Wildman–Crippen MR) is 76.1 cm³/mol. The van der Waals surface area contributed by atoms with Crippen molar-refractivity contribution in [2.75, 3.05) is 26.3 Å². The average molecular weight is 267 g/mol. The van der Waals surface area contributed by atoms with Crippen LogP contribution in [0.4, 0.5) is 0 Å². The lowest BCUT2D eigenvalue weighted by Crippen LogP contribution is -2.48. The smallest absolute Gasteiger partial charge is 0.0583 e. The topological polar surface area (TPSA) is 32.7 Å². The average Bonchev–Trinajstić information content (AvgIpc) is 2.87. The third-order valence-electron chi connectivity index (χ3n) is 5.52. The molecule has 110 valence electrons. The molecule has 3 atom stereocenters. The van der Waals surface area contributed by atoms with Crippen LogP contribution in [0.25, 0.3) is 0 Å². The van der Waals surface area contributed by atoms with Crippen LogP contribution < -0.4 is 0 Å². The summed E-state index contributed by atoms with van der Waals surface area (Å²) in [4.78, 5) is 2.72. The predicted octanol–water partition coefficient (Wildman–Crippen LogP) is 2.43. The van der Waals surface area contributed by atoms with E-state index in [1.807, 2.05) is 0 Å². The van der Waals surface area contributed by atoms with Gasteiger partial charge in [0.25, 0.3) is 0 Å². The first kappa shape index (κ1) is 13.8. The van der Waals surface area contributed by atoms with Crippen molar-refractivity contribution in [3.8, 4) is 0 Å². The molecule has 2 saturated heterocycles. The van der Waals surface area contributed by atoms with E-state index >= 15 is 0 Å². The highest BCUT2D eigenvalue weighted by Gasteiger charge is 2.37. The van der Waals surface area contributed by atoms with Crippen LogP contribution >= 0.6 is 0 Å². The van der Waals surface area contributed by atoms with Crippen LogP contribution in [-0.2, 0) is 4.74 Å².